The third-order valence-electron chi connectivity index (χ3n) is 10.1. The number of ether oxygens (including phenoxy) is 3. The highest BCUT2D eigenvalue weighted by Gasteiger charge is 2.43. The summed E-state index contributed by atoms with van der Waals surface area (Å²) in [6, 6.07) is 22.8. The molecule has 1 aliphatic rings. The normalized spacial score (nSPS) is 14.2. The van der Waals surface area contributed by atoms with E-state index in [0.717, 1.165) is 18.2 Å². The lowest BCUT2D eigenvalue weighted by Crippen LogP contribution is -2.37. The van der Waals surface area contributed by atoms with Crippen molar-refractivity contribution in [1.29, 1.82) is 0 Å². The number of pyridine rings is 1. The maximum absolute atomic E-state index is 16.2. The van der Waals surface area contributed by atoms with E-state index in [-0.39, 0.29) is 66.5 Å². The van der Waals surface area contributed by atoms with E-state index in [9.17, 15) is 22.8 Å². The van der Waals surface area contributed by atoms with Gasteiger partial charge in [-0.2, -0.15) is 13.2 Å². The first-order chi connectivity index (χ1) is 27.8. The summed E-state index contributed by atoms with van der Waals surface area (Å²) in [7, 11) is 1.25. The molecule has 1 amide bonds. The van der Waals surface area contributed by atoms with Crippen LogP contribution in [0.15, 0.2) is 102 Å². The van der Waals surface area contributed by atoms with E-state index in [1.807, 2.05) is 0 Å². The zero-order valence-corrected chi connectivity index (χ0v) is 32.1. The molecule has 58 heavy (non-hydrogen) atoms. The third kappa shape index (κ3) is 8.76. The van der Waals surface area contributed by atoms with Crippen molar-refractivity contribution < 1.29 is 45.8 Å². The van der Waals surface area contributed by atoms with Crippen LogP contribution < -0.4 is 20.5 Å². The van der Waals surface area contributed by atoms with Crippen molar-refractivity contribution in [3.8, 4) is 16.9 Å². The summed E-state index contributed by atoms with van der Waals surface area (Å²) in [5.41, 5.74) is -1.82. The second-order valence-corrected chi connectivity index (χ2v) is 13.7. The van der Waals surface area contributed by atoms with Gasteiger partial charge in [0, 0.05) is 29.5 Å². The Kier molecular flexibility index (Phi) is 13.0. The minimum absolute atomic E-state index is 0.0271. The summed E-state index contributed by atoms with van der Waals surface area (Å²) >= 11 is 0. The van der Waals surface area contributed by atoms with Crippen LogP contribution in [0.1, 0.15) is 65.2 Å². The highest BCUT2D eigenvalue weighted by atomic mass is 19.4. The van der Waals surface area contributed by atoms with Gasteiger partial charge in [-0.15, -0.1) is 0 Å². The van der Waals surface area contributed by atoms with Crippen LogP contribution in [0.2, 0.25) is 0 Å². The van der Waals surface area contributed by atoms with E-state index in [1.165, 1.54) is 41.7 Å². The SMILES string of the molecule is CCOC(=O)CCCNC(c1ccccc1)C1CN(C(=O)OCc2ccccc2)c2c(Cc3c(F)cccc3C(F)(F)F)c(C)c(-c3cccc(OC)c3F)c(=O)n21. The molecule has 0 fully saturated rings. The third-order valence-corrected chi connectivity index (χ3v) is 10.1. The van der Waals surface area contributed by atoms with Gasteiger partial charge in [0.05, 0.1) is 43.5 Å². The van der Waals surface area contributed by atoms with Gasteiger partial charge in [0.15, 0.2) is 11.6 Å². The molecule has 304 valence electrons. The van der Waals surface area contributed by atoms with Gasteiger partial charge in [-0.3, -0.25) is 19.1 Å². The Morgan fingerprint density at radius 3 is 2.26 bits per heavy atom. The largest absolute Gasteiger partial charge is 0.494 e. The molecule has 0 saturated carbocycles. The lowest BCUT2D eigenvalue weighted by molar-refractivity contribution is -0.143. The van der Waals surface area contributed by atoms with Crippen LogP contribution in [-0.4, -0.2) is 43.4 Å². The number of carbonyl (C=O) groups excluding carboxylic acids is 2. The van der Waals surface area contributed by atoms with Crippen LogP contribution in [0, 0.1) is 18.6 Å². The van der Waals surface area contributed by atoms with E-state index in [0.29, 0.717) is 17.5 Å². The van der Waals surface area contributed by atoms with Crippen molar-refractivity contribution in [2.45, 2.75) is 58.0 Å². The van der Waals surface area contributed by atoms with Gasteiger partial charge in [-0.05, 0) is 61.7 Å². The first-order valence-corrected chi connectivity index (χ1v) is 18.7. The molecule has 2 heterocycles. The van der Waals surface area contributed by atoms with Crippen molar-refractivity contribution in [2.75, 3.05) is 31.7 Å². The number of methoxy groups -OCH3 is 1. The molecule has 0 radical (unpaired) electrons. The number of amides is 1. The number of anilines is 1. The van der Waals surface area contributed by atoms with Gasteiger partial charge in [-0.25, -0.2) is 13.6 Å². The number of nitrogens with zero attached hydrogens (tertiary/aromatic N) is 2. The summed E-state index contributed by atoms with van der Waals surface area (Å²) in [4.78, 5) is 42.8. The number of hydrogen-bond acceptors (Lipinski definition) is 7. The number of fused-ring (bicyclic) bond motifs is 1. The number of nitrogens with one attached hydrogen (secondary N) is 1. The predicted octanol–water partition coefficient (Wildman–Crippen LogP) is 9.09. The van der Waals surface area contributed by atoms with Crippen molar-refractivity contribution in [2.24, 2.45) is 0 Å². The number of esters is 1. The van der Waals surface area contributed by atoms with Crippen molar-refractivity contribution in [1.82, 2.24) is 9.88 Å². The zero-order valence-electron chi connectivity index (χ0n) is 32.1. The number of carbonyl (C=O) groups is 2. The predicted molar refractivity (Wildman–Crippen MR) is 208 cm³/mol. The molecule has 0 saturated heterocycles. The standard InChI is InChI=1S/C44H42F5N3O6/c1-4-57-37(53)22-13-23-50-40(29-16-9-6-10-17-29)35-25-51(43(55)58-26-28-14-7-5-8-15-28)41-31(24-32-33(44(47,48)49)19-12-20-34(32)45)27(2)38(42(54)52(35)41)30-18-11-21-36(56-3)39(30)46/h5-12,14-21,35,40,50H,4,13,22-26H2,1-3H3. The average Bonchev–Trinajstić information content (AvgIpc) is 3.60. The molecule has 9 nitrogen and oxygen atoms in total. The number of aromatic nitrogens is 1. The molecule has 0 aliphatic carbocycles. The van der Waals surface area contributed by atoms with Gasteiger partial charge in [0.2, 0.25) is 0 Å². The lowest BCUT2D eigenvalue weighted by atomic mass is 9.91. The first-order valence-electron chi connectivity index (χ1n) is 18.7. The second-order valence-electron chi connectivity index (χ2n) is 13.7. The molecule has 1 N–H and O–H groups in total. The number of benzene rings is 4. The van der Waals surface area contributed by atoms with Crippen molar-refractivity contribution in [3.05, 3.63) is 152 Å². The van der Waals surface area contributed by atoms with E-state index in [2.05, 4.69) is 5.32 Å². The van der Waals surface area contributed by atoms with Gasteiger partial charge < -0.3 is 19.5 Å². The van der Waals surface area contributed by atoms with Crippen molar-refractivity contribution in [3.63, 3.8) is 0 Å². The van der Waals surface area contributed by atoms with Crippen LogP contribution >= 0.6 is 0 Å². The Labute approximate surface area is 332 Å². The van der Waals surface area contributed by atoms with Gasteiger partial charge in [0.25, 0.3) is 5.56 Å². The first kappa shape index (κ1) is 41.6. The van der Waals surface area contributed by atoms with Gasteiger partial charge in [0.1, 0.15) is 18.2 Å². The number of alkyl halides is 3. The van der Waals surface area contributed by atoms with Crippen LogP contribution in [0.3, 0.4) is 0 Å². The Morgan fingerprint density at radius 2 is 1.59 bits per heavy atom. The Balaban J connectivity index is 1.60. The van der Waals surface area contributed by atoms with Crippen LogP contribution in [0.25, 0.3) is 11.1 Å². The molecule has 1 aliphatic heterocycles. The highest BCUT2D eigenvalue weighted by molar-refractivity contribution is 5.90. The van der Waals surface area contributed by atoms with Gasteiger partial charge >= 0.3 is 18.2 Å². The fourth-order valence-corrected chi connectivity index (χ4v) is 7.44. The summed E-state index contributed by atoms with van der Waals surface area (Å²) in [6.07, 6.45) is -6.19. The molecule has 4 aromatic carbocycles. The summed E-state index contributed by atoms with van der Waals surface area (Å²) < 4.78 is 92.8. The fourth-order valence-electron chi connectivity index (χ4n) is 7.44. The smallest absolute Gasteiger partial charge is 0.416 e. The highest BCUT2D eigenvalue weighted by Crippen LogP contribution is 2.44. The topological polar surface area (TPSA) is 99.1 Å². The minimum Gasteiger partial charge on any atom is -0.494 e. The summed E-state index contributed by atoms with van der Waals surface area (Å²) in [6.45, 7) is 3.19. The second kappa shape index (κ2) is 18.1. The minimum atomic E-state index is -4.97. The molecular weight excluding hydrogens is 761 g/mol. The maximum atomic E-state index is 16.2. The van der Waals surface area contributed by atoms with Crippen molar-refractivity contribution >= 4 is 17.9 Å². The van der Waals surface area contributed by atoms with Crippen LogP contribution in [0.5, 0.6) is 5.75 Å². The quantitative estimate of drug-likeness (QED) is 0.0680. The number of hydrogen-bond donors (Lipinski definition) is 1. The Morgan fingerprint density at radius 1 is 0.897 bits per heavy atom. The number of halogens is 5. The van der Waals surface area contributed by atoms with Gasteiger partial charge in [-0.1, -0.05) is 78.9 Å². The van der Waals surface area contributed by atoms with E-state index in [4.69, 9.17) is 14.2 Å². The Hall–Kier alpha value is -6.02. The zero-order chi connectivity index (χ0) is 41.6. The average molecular weight is 804 g/mol. The summed E-state index contributed by atoms with van der Waals surface area (Å²) in [5.74, 6) is -2.77. The maximum Gasteiger partial charge on any atom is 0.416 e. The molecule has 6 rings (SSSR count). The molecular formula is C44H42F5N3O6. The summed E-state index contributed by atoms with van der Waals surface area (Å²) in [5, 5.41) is 3.42. The monoisotopic (exact) mass is 803 g/mol. The van der Waals surface area contributed by atoms with Crippen LogP contribution in [0.4, 0.5) is 32.6 Å². The Bertz CT molecular complexity index is 2320. The molecule has 2 unspecified atom stereocenters. The van der Waals surface area contributed by atoms with E-state index < -0.39 is 65.1 Å². The molecule has 2 atom stereocenters. The molecule has 5 aromatic rings. The van der Waals surface area contributed by atoms with Crippen LogP contribution in [-0.2, 0) is 33.5 Å². The molecule has 0 spiro atoms. The molecule has 14 heteroatoms. The number of rotatable bonds is 14. The van der Waals surface area contributed by atoms with E-state index in [1.54, 1.807) is 67.6 Å². The fraction of sp³-hybridized carbons (Fsp3) is 0.295. The lowest BCUT2D eigenvalue weighted by Gasteiger charge is -2.28. The van der Waals surface area contributed by atoms with E-state index >= 15 is 13.6 Å². The molecule has 0 bridgehead atoms. The molecule has 1 aromatic heterocycles.